The largest absolute Gasteiger partial charge is 0.497 e. The van der Waals surface area contributed by atoms with Crippen LogP contribution in [-0.4, -0.2) is 52.4 Å². The second-order valence-electron chi connectivity index (χ2n) is 10.1. The van der Waals surface area contributed by atoms with E-state index in [1.807, 2.05) is 71.2 Å². The summed E-state index contributed by atoms with van der Waals surface area (Å²) in [5, 5.41) is 14.2. The van der Waals surface area contributed by atoms with Crippen molar-refractivity contribution in [1.29, 1.82) is 5.26 Å². The molecule has 2 aromatic carbocycles. The summed E-state index contributed by atoms with van der Waals surface area (Å²) in [6.45, 7) is 6.67. The van der Waals surface area contributed by atoms with Crippen LogP contribution in [0.3, 0.4) is 0 Å². The fourth-order valence-electron chi connectivity index (χ4n) is 5.59. The van der Waals surface area contributed by atoms with Gasteiger partial charge < -0.3 is 14.5 Å². The number of benzene rings is 2. The Kier molecular flexibility index (Phi) is 6.60. The first-order valence-corrected chi connectivity index (χ1v) is 13.6. The number of amides is 2. The Morgan fingerprint density at radius 1 is 1.00 bits per heavy atom. The van der Waals surface area contributed by atoms with E-state index in [1.165, 1.54) is 0 Å². The first-order valence-electron chi connectivity index (χ1n) is 13.6. The van der Waals surface area contributed by atoms with Crippen molar-refractivity contribution in [3.8, 4) is 17.5 Å². The van der Waals surface area contributed by atoms with Gasteiger partial charge in [0.05, 0.1) is 24.4 Å². The summed E-state index contributed by atoms with van der Waals surface area (Å²) in [5.41, 5.74) is 6.94. The maximum Gasteiger partial charge on any atom is 0.326 e. The standard InChI is InChI=1S/C31H31N7O2/c1-4-24-18-23(19-32)7-10-27(24)36-13-11-26-28(17-21(2)33-30(26)36)38-14-12-29(34-38)37-16-15-35(31(37)39)20-22-5-8-25(40-3)9-6-22/h5-10,12,14,17-18H,4,11,13,15-16,20H2,1-3H3. The number of urea groups is 1. The first kappa shape index (κ1) is 25.4. The number of hydrogen-bond acceptors (Lipinski definition) is 6. The van der Waals surface area contributed by atoms with Crippen molar-refractivity contribution < 1.29 is 9.53 Å². The van der Waals surface area contributed by atoms with E-state index < -0.39 is 0 Å². The third-order valence-corrected chi connectivity index (χ3v) is 7.65. The second-order valence-corrected chi connectivity index (χ2v) is 10.1. The zero-order valence-electron chi connectivity index (χ0n) is 23.0. The molecule has 9 heteroatoms. The summed E-state index contributed by atoms with van der Waals surface area (Å²) < 4.78 is 7.11. The molecular weight excluding hydrogens is 502 g/mol. The Morgan fingerprint density at radius 3 is 2.58 bits per heavy atom. The number of aryl methyl sites for hydroxylation is 2. The number of ether oxygens (including phenoxy) is 1. The van der Waals surface area contributed by atoms with Crippen LogP contribution < -0.4 is 14.5 Å². The lowest BCUT2D eigenvalue weighted by atomic mass is 10.1. The topological polar surface area (TPSA) is 90.5 Å². The minimum atomic E-state index is -0.0451. The predicted octanol–water partition coefficient (Wildman–Crippen LogP) is 5.15. The maximum absolute atomic E-state index is 13.3. The van der Waals surface area contributed by atoms with Crippen LogP contribution in [0.2, 0.25) is 0 Å². The molecule has 1 fully saturated rings. The highest BCUT2D eigenvalue weighted by atomic mass is 16.5. The quantitative estimate of drug-likeness (QED) is 0.326. The molecule has 2 aliphatic rings. The van der Waals surface area contributed by atoms with Crippen molar-refractivity contribution in [3.05, 3.63) is 88.7 Å². The molecule has 2 aromatic heterocycles. The Bertz CT molecular complexity index is 1620. The molecule has 40 heavy (non-hydrogen) atoms. The van der Waals surface area contributed by atoms with Gasteiger partial charge in [-0.2, -0.15) is 5.26 Å². The van der Waals surface area contributed by atoms with Crippen LogP contribution in [0.5, 0.6) is 5.75 Å². The first-order chi connectivity index (χ1) is 19.5. The molecule has 0 spiro atoms. The number of methoxy groups -OCH3 is 1. The van der Waals surface area contributed by atoms with E-state index in [-0.39, 0.29) is 6.03 Å². The number of aromatic nitrogens is 3. The number of hydrogen-bond donors (Lipinski definition) is 0. The zero-order chi connectivity index (χ0) is 27.8. The smallest absolute Gasteiger partial charge is 0.326 e. The number of nitriles is 1. The van der Waals surface area contributed by atoms with E-state index in [4.69, 9.17) is 14.8 Å². The molecule has 4 aromatic rings. The lowest BCUT2D eigenvalue weighted by Gasteiger charge is -2.22. The van der Waals surface area contributed by atoms with Crippen LogP contribution in [0, 0.1) is 18.3 Å². The Morgan fingerprint density at radius 2 is 1.82 bits per heavy atom. The van der Waals surface area contributed by atoms with E-state index in [2.05, 4.69) is 24.0 Å². The van der Waals surface area contributed by atoms with Gasteiger partial charge >= 0.3 is 6.03 Å². The number of carbonyl (C=O) groups is 1. The molecule has 0 atom stereocenters. The van der Waals surface area contributed by atoms with Crippen molar-refractivity contribution in [3.63, 3.8) is 0 Å². The maximum atomic E-state index is 13.3. The molecule has 0 unspecified atom stereocenters. The summed E-state index contributed by atoms with van der Waals surface area (Å²) >= 11 is 0. The highest BCUT2D eigenvalue weighted by Crippen LogP contribution is 2.38. The van der Waals surface area contributed by atoms with E-state index in [1.54, 1.807) is 12.0 Å². The van der Waals surface area contributed by atoms with Gasteiger partial charge in [-0.05, 0) is 67.3 Å². The summed E-state index contributed by atoms with van der Waals surface area (Å²) in [6.07, 6.45) is 3.58. The molecule has 0 saturated carbocycles. The molecule has 202 valence electrons. The van der Waals surface area contributed by atoms with Crippen molar-refractivity contribution in [2.45, 2.75) is 33.2 Å². The van der Waals surface area contributed by atoms with Gasteiger partial charge in [-0.3, -0.25) is 4.90 Å². The molecule has 6 rings (SSSR count). The summed E-state index contributed by atoms with van der Waals surface area (Å²) in [6, 6.07) is 19.8. The Labute approximate surface area is 233 Å². The lowest BCUT2D eigenvalue weighted by molar-refractivity contribution is 0.218. The summed E-state index contributed by atoms with van der Waals surface area (Å²) in [4.78, 5) is 24.0. The monoisotopic (exact) mass is 533 g/mol. The molecule has 0 aliphatic carbocycles. The van der Waals surface area contributed by atoms with Gasteiger partial charge in [0, 0.05) is 55.4 Å². The van der Waals surface area contributed by atoms with Gasteiger partial charge in [0.2, 0.25) is 0 Å². The summed E-state index contributed by atoms with van der Waals surface area (Å²) in [7, 11) is 1.64. The average Bonchev–Trinajstić information content (AvgIpc) is 3.72. The molecule has 0 bridgehead atoms. The molecule has 4 heterocycles. The molecule has 0 N–H and O–H groups in total. The molecule has 2 amide bonds. The molecule has 2 aliphatic heterocycles. The van der Waals surface area contributed by atoms with Gasteiger partial charge in [0.15, 0.2) is 5.82 Å². The molecular formula is C31H31N7O2. The highest BCUT2D eigenvalue weighted by Gasteiger charge is 2.32. The van der Waals surface area contributed by atoms with Crippen LogP contribution >= 0.6 is 0 Å². The lowest BCUT2D eigenvalue weighted by Crippen LogP contribution is -2.31. The van der Waals surface area contributed by atoms with Crippen molar-refractivity contribution in [2.75, 3.05) is 36.5 Å². The van der Waals surface area contributed by atoms with Gasteiger partial charge in [-0.25, -0.2) is 14.5 Å². The molecule has 9 nitrogen and oxygen atoms in total. The fourth-order valence-corrected chi connectivity index (χ4v) is 5.59. The Hall–Kier alpha value is -4.84. The van der Waals surface area contributed by atoms with Crippen molar-refractivity contribution in [1.82, 2.24) is 19.7 Å². The van der Waals surface area contributed by atoms with Crippen LogP contribution in [0.1, 0.15) is 34.9 Å². The van der Waals surface area contributed by atoms with Crippen molar-refractivity contribution >= 4 is 23.4 Å². The zero-order valence-corrected chi connectivity index (χ0v) is 23.0. The normalized spacial score (nSPS) is 14.6. The van der Waals surface area contributed by atoms with E-state index >= 15 is 0 Å². The molecule has 1 saturated heterocycles. The minimum Gasteiger partial charge on any atom is -0.497 e. The summed E-state index contributed by atoms with van der Waals surface area (Å²) in [5.74, 6) is 2.36. The van der Waals surface area contributed by atoms with Crippen LogP contribution in [-0.2, 0) is 19.4 Å². The highest BCUT2D eigenvalue weighted by molar-refractivity contribution is 5.93. The van der Waals surface area contributed by atoms with Crippen LogP contribution in [0.4, 0.5) is 22.1 Å². The van der Waals surface area contributed by atoms with Crippen LogP contribution in [0.25, 0.3) is 5.69 Å². The Balaban J connectivity index is 1.25. The van der Waals surface area contributed by atoms with Crippen LogP contribution in [0.15, 0.2) is 60.8 Å². The number of carbonyl (C=O) groups excluding carboxylic acids is 1. The number of rotatable bonds is 7. The number of pyridine rings is 1. The fraction of sp³-hybridized carbons (Fsp3) is 0.290. The van der Waals surface area contributed by atoms with E-state index in [0.29, 0.717) is 31.0 Å². The van der Waals surface area contributed by atoms with E-state index in [0.717, 1.165) is 64.7 Å². The minimum absolute atomic E-state index is 0.0451. The SMILES string of the molecule is CCc1cc(C#N)ccc1N1CCc2c(-n3ccc(N4CCN(Cc5ccc(OC)cc5)C4=O)n3)cc(C)nc21. The molecule has 0 radical (unpaired) electrons. The van der Waals surface area contributed by atoms with Gasteiger partial charge in [-0.15, -0.1) is 5.10 Å². The van der Waals surface area contributed by atoms with Crippen molar-refractivity contribution in [2.24, 2.45) is 0 Å². The van der Waals surface area contributed by atoms with E-state index in [9.17, 15) is 10.1 Å². The van der Waals surface area contributed by atoms with Gasteiger partial charge in [-0.1, -0.05) is 19.1 Å². The third kappa shape index (κ3) is 4.51. The second kappa shape index (κ2) is 10.4. The average molecular weight is 534 g/mol. The number of fused-ring (bicyclic) bond motifs is 1. The third-order valence-electron chi connectivity index (χ3n) is 7.65. The predicted molar refractivity (Wildman–Crippen MR) is 153 cm³/mol. The van der Waals surface area contributed by atoms with Gasteiger partial charge in [0.1, 0.15) is 11.6 Å². The number of nitrogens with zero attached hydrogens (tertiary/aromatic N) is 7. The van der Waals surface area contributed by atoms with Gasteiger partial charge in [0.25, 0.3) is 0 Å². The number of anilines is 3.